The SMILES string of the molecule is CC/C(C)=C/Sc1nc(C#N)nc(-c2ccc(OC(F)(F)F)cc2)c1C. The summed E-state index contributed by atoms with van der Waals surface area (Å²) in [5.74, 6) is -0.309. The Labute approximate surface area is 153 Å². The lowest BCUT2D eigenvalue weighted by atomic mass is 10.1. The van der Waals surface area contributed by atoms with Gasteiger partial charge in [-0.25, -0.2) is 9.97 Å². The first-order chi connectivity index (χ1) is 12.2. The summed E-state index contributed by atoms with van der Waals surface area (Å²) in [6.07, 6.45) is -3.84. The van der Waals surface area contributed by atoms with E-state index in [0.29, 0.717) is 16.3 Å². The van der Waals surface area contributed by atoms with Gasteiger partial charge in [-0.2, -0.15) is 5.26 Å². The first-order valence-corrected chi connectivity index (χ1v) is 8.58. The van der Waals surface area contributed by atoms with E-state index in [2.05, 4.69) is 14.7 Å². The van der Waals surface area contributed by atoms with E-state index in [9.17, 15) is 18.4 Å². The van der Waals surface area contributed by atoms with Crippen molar-refractivity contribution in [1.29, 1.82) is 5.26 Å². The molecule has 0 bridgehead atoms. The second-order valence-electron chi connectivity index (χ2n) is 5.45. The summed E-state index contributed by atoms with van der Waals surface area (Å²) >= 11 is 1.39. The van der Waals surface area contributed by atoms with Crippen LogP contribution < -0.4 is 4.74 Å². The van der Waals surface area contributed by atoms with Gasteiger partial charge < -0.3 is 4.74 Å². The van der Waals surface area contributed by atoms with Gasteiger partial charge in [0.25, 0.3) is 0 Å². The number of hydrogen-bond acceptors (Lipinski definition) is 5. The molecule has 0 aliphatic carbocycles. The Morgan fingerprint density at radius 3 is 2.46 bits per heavy atom. The number of allylic oxidation sites excluding steroid dienone is 1. The Hall–Kier alpha value is -2.53. The van der Waals surface area contributed by atoms with Gasteiger partial charge >= 0.3 is 6.36 Å². The number of halogens is 3. The minimum atomic E-state index is -4.74. The molecule has 1 heterocycles. The number of nitrogens with zero attached hydrogens (tertiary/aromatic N) is 3. The molecule has 0 radical (unpaired) electrons. The molecule has 1 aromatic carbocycles. The van der Waals surface area contributed by atoms with Gasteiger partial charge in [0.05, 0.1) is 5.69 Å². The van der Waals surface area contributed by atoms with E-state index in [1.165, 1.54) is 41.6 Å². The van der Waals surface area contributed by atoms with Crippen LogP contribution in [0.2, 0.25) is 0 Å². The molecule has 0 fully saturated rings. The lowest BCUT2D eigenvalue weighted by Gasteiger charge is -2.11. The second-order valence-corrected chi connectivity index (χ2v) is 6.30. The molecule has 2 aromatic rings. The van der Waals surface area contributed by atoms with Crippen LogP contribution >= 0.6 is 11.8 Å². The predicted octanol–water partition coefficient (Wildman–Crippen LogP) is 5.63. The largest absolute Gasteiger partial charge is 0.573 e. The quantitative estimate of drug-likeness (QED) is 0.498. The zero-order valence-corrected chi connectivity index (χ0v) is 15.2. The van der Waals surface area contributed by atoms with Crippen LogP contribution in [0.25, 0.3) is 11.3 Å². The summed E-state index contributed by atoms with van der Waals surface area (Å²) in [5, 5.41) is 11.8. The Kier molecular flexibility index (Phi) is 6.27. The second kappa shape index (κ2) is 8.23. The molecule has 0 N–H and O–H groups in total. The third kappa shape index (κ3) is 5.23. The predicted molar refractivity (Wildman–Crippen MR) is 93.5 cm³/mol. The van der Waals surface area contributed by atoms with Gasteiger partial charge in [0, 0.05) is 11.1 Å². The van der Waals surface area contributed by atoms with Gasteiger partial charge in [-0.1, -0.05) is 24.3 Å². The van der Waals surface area contributed by atoms with Gasteiger partial charge in [0.2, 0.25) is 5.82 Å². The zero-order valence-electron chi connectivity index (χ0n) is 14.4. The lowest BCUT2D eigenvalue weighted by molar-refractivity contribution is -0.274. The summed E-state index contributed by atoms with van der Waals surface area (Å²) in [7, 11) is 0. The summed E-state index contributed by atoms with van der Waals surface area (Å²) in [6, 6.07) is 7.29. The van der Waals surface area contributed by atoms with Crippen LogP contribution in [0.3, 0.4) is 0 Å². The smallest absolute Gasteiger partial charge is 0.406 e. The first-order valence-electron chi connectivity index (χ1n) is 7.70. The number of benzene rings is 1. The number of ether oxygens (including phenoxy) is 1. The molecule has 0 aliphatic rings. The Morgan fingerprint density at radius 2 is 1.92 bits per heavy atom. The van der Waals surface area contributed by atoms with Gasteiger partial charge in [-0.05, 0) is 49.9 Å². The highest BCUT2D eigenvalue weighted by atomic mass is 32.2. The Balaban J connectivity index is 2.41. The third-order valence-electron chi connectivity index (χ3n) is 3.49. The number of aromatic nitrogens is 2. The van der Waals surface area contributed by atoms with E-state index in [4.69, 9.17) is 0 Å². The monoisotopic (exact) mass is 379 g/mol. The molecular formula is C18H16F3N3OS. The van der Waals surface area contributed by atoms with Crippen molar-refractivity contribution in [3.05, 3.63) is 46.6 Å². The van der Waals surface area contributed by atoms with Crippen molar-refractivity contribution in [1.82, 2.24) is 9.97 Å². The average Bonchev–Trinajstić information content (AvgIpc) is 2.60. The van der Waals surface area contributed by atoms with E-state index in [1.54, 1.807) is 0 Å². The summed E-state index contributed by atoms with van der Waals surface area (Å²) < 4.78 is 40.7. The van der Waals surface area contributed by atoms with Crippen molar-refractivity contribution in [2.24, 2.45) is 0 Å². The fraction of sp³-hybridized carbons (Fsp3) is 0.278. The summed E-state index contributed by atoms with van der Waals surface area (Å²) in [4.78, 5) is 8.43. The topological polar surface area (TPSA) is 58.8 Å². The average molecular weight is 379 g/mol. The van der Waals surface area contributed by atoms with Crippen molar-refractivity contribution < 1.29 is 17.9 Å². The lowest BCUT2D eigenvalue weighted by Crippen LogP contribution is -2.16. The summed E-state index contributed by atoms with van der Waals surface area (Å²) in [5.41, 5.74) is 2.99. The highest BCUT2D eigenvalue weighted by Gasteiger charge is 2.31. The minimum Gasteiger partial charge on any atom is -0.406 e. The van der Waals surface area contributed by atoms with Gasteiger partial charge in [-0.15, -0.1) is 13.2 Å². The van der Waals surface area contributed by atoms with E-state index in [1.807, 2.05) is 32.2 Å². The highest BCUT2D eigenvalue weighted by Crippen LogP contribution is 2.31. The normalized spacial score (nSPS) is 12.0. The van der Waals surface area contributed by atoms with Gasteiger partial charge in [0.1, 0.15) is 16.8 Å². The molecule has 0 atom stereocenters. The molecular weight excluding hydrogens is 363 g/mol. The third-order valence-corrected chi connectivity index (χ3v) is 4.63. The molecule has 0 spiro atoms. The standard InChI is InChI=1S/C18H16F3N3OS/c1-4-11(2)10-26-17-12(3)16(23-15(9-22)24-17)13-5-7-14(8-6-13)25-18(19,20)21/h5-8,10H,4H2,1-3H3/b11-10+. The molecule has 0 unspecified atom stereocenters. The molecule has 2 rings (SSSR count). The fourth-order valence-corrected chi connectivity index (χ4v) is 2.89. The van der Waals surface area contributed by atoms with E-state index in [-0.39, 0.29) is 11.6 Å². The molecule has 136 valence electrons. The van der Waals surface area contributed by atoms with Crippen molar-refractivity contribution in [3.63, 3.8) is 0 Å². The molecule has 8 heteroatoms. The highest BCUT2D eigenvalue weighted by molar-refractivity contribution is 8.02. The van der Waals surface area contributed by atoms with Crippen LogP contribution in [-0.4, -0.2) is 16.3 Å². The van der Waals surface area contributed by atoms with Crippen LogP contribution in [0.15, 0.2) is 40.3 Å². The fourth-order valence-electron chi connectivity index (χ4n) is 2.00. The number of nitriles is 1. The number of rotatable bonds is 5. The molecule has 1 aromatic heterocycles. The van der Waals surface area contributed by atoms with Crippen LogP contribution in [0.4, 0.5) is 13.2 Å². The van der Waals surface area contributed by atoms with Crippen molar-refractivity contribution in [3.8, 4) is 23.1 Å². The van der Waals surface area contributed by atoms with Gasteiger partial charge in [0.15, 0.2) is 0 Å². The maximum Gasteiger partial charge on any atom is 0.573 e. The summed E-state index contributed by atoms with van der Waals surface area (Å²) in [6.45, 7) is 5.85. The maximum atomic E-state index is 12.3. The molecule has 0 aliphatic heterocycles. The van der Waals surface area contributed by atoms with Crippen LogP contribution in [0, 0.1) is 18.3 Å². The van der Waals surface area contributed by atoms with Crippen molar-refractivity contribution in [2.45, 2.75) is 38.6 Å². The first kappa shape index (κ1) is 19.8. The van der Waals surface area contributed by atoms with Gasteiger partial charge in [-0.3, -0.25) is 0 Å². The van der Waals surface area contributed by atoms with E-state index >= 15 is 0 Å². The Morgan fingerprint density at radius 1 is 1.27 bits per heavy atom. The maximum absolute atomic E-state index is 12.3. The van der Waals surface area contributed by atoms with E-state index in [0.717, 1.165) is 12.0 Å². The van der Waals surface area contributed by atoms with Crippen LogP contribution in [0.1, 0.15) is 31.7 Å². The molecule has 0 saturated carbocycles. The number of alkyl halides is 3. The van der Waals surface area contributed by atoms with Crippen molar-refractivity contribution >= 4 is 11.8 Å². The number of thioether (sulfide) groups is 1. The van der Waals surface area contributed by atoms with E-state index < -0.39 is 6.36 Å². The Bertz CT molecular complexity index is 856. The minimum absolute atomic E-state index is 0.00581. The molecule has 0 amide bonds. The van der Waals surface area contributed by atoms with Crippen LogP contribution in [0.5, 0.6) is 5.75 Å². The van der Waals surface area contributed by atoms with Crippen molar-refractivity contribution in [2.75, 3.05) is 0 Å². The number of hydrogen-bond donors (Lipinski definition) is 0. The zero-order chi connectivity index (χ0) is 19.3. The molecule has 0 saturated heterocycles. The molecule has 4 nitrogen and oxygen atoms in total. The van der Waals surface area contributed by atoms with Crippen LogP contribution in [-0.2, 0) is 0 Å². The molecule has 26 heavy (non-hydrogen) atoms.